The van der Waals surface area contributed by atoms with Crippen LogP contribution in [0.25, 0.3) is 0 Å². The van der Waals surface area contributed by atoms with Crippen LogP contribution in [0.1, 0.15) is 17.2 Å². The van der Waals surface area contributed by atoms with Gasteiger partial charge in [0, 0.05) is 11.4 Å². The van der Waals surface area contributed by atoms with E-state index in [2.05, 4.69) is 4.98 Å². The number of oxazole rings is 1. The summed E-state index contributed by atoms with van der Waals surface area (Å²) in [5, 5.41) is 0.748. The van der Waals surface area contributed by atoms with E-state index in [4.69, 9.17) is 16.0 Å². The third-order valence-electron chi connectivity index (χ3n) is 1.94. The highest BCUT2D eigenvalue weighted by Crippen LogP contribution is 2.13. The number of aromatic nitrogens is 1. The third kappa shape index (κ3) is 2.15. The van der Waals surface area contributed by atoms with E-state index in [-0.39, 0.29) is 0 Å². The number of hydrogen-bond acceptors (Lipinski definition) is 2. The average Bonchev–Trinajstić information content (AvgIpc) is 2.56. The molecule has 1 aromatic carbocycles. The standard InChI is InChI=1S/C11H10ClNO/c1-8-7-13-11(14-8)6-9-2-4-10(12)5-3-9/h2-5,7H,6H2,1H3. The molecular weight excluding hydrogens is 198 g/mol. The van der Waals surface area contributed by atoms with Crippen molar-refractivity contribution >= 4 is 11.6 Å². The van der Waals surface area contributed by atoms with Crippen molar-refractivity contribution < 1.29 is 4.42 Å². The molecule has 1 aromatic heterocycles. The molecule has 0 bridgehead atoms. The Kier molecular flexibility index (Phi) is 2.55. The van der Waals surface area contributed by atoms with Gasteiger partial charge in [-0.15, -0.1) is 0 Å². The minimum absolute atomic E-state index is 0.713. The van der Waals surface area contributed by atoms with E-state index in [0.717, 1.165) is 22.2 Å². The van der Waals surface area contributed by atoms with E-state index in [1.54, 1.807) is 6.20 Å². The molecule has 0 unspecified atom stereocenters. The summed E-state index contributed by atoms with van der Waals surface area (Å²) >= 11 is 5.78. The molecule has 2 rings (SSSR count). The van der Waals surface area contributed by atoms with Crippen molar-refractivity contribution in [1.82, 2.24) is 4.98 Å². The van der Waals surface area contributed by atoms with Crippen LogP contribution in [-0.4, -0.2) is 4.98 Å². The van der Waals surface area contributed by atoms with E-state index in [0.29, 0.717) is 6.42 Å². The molecule has 0 saturated carbocycles. The smallest absolute Gasteiger partial charge is 0.198 e. The Labute approximate surface area is 87.5 Å². The molecule has 0 fully saturated rings. The van der Waals surface area contributed by atoms with Crippen LogP contribution in [0.4, 0.5) is 0 Å². The minimum atomic E-state index is 0.713. The van der Waals surface area contributed by atoms with Gasteiger partial charge in [0.2, 0.25) is 0 Å². The van der Waals surface area contributed by atoms with Crippen LogP contribution in [0.2, 0.25) is 5.02 Å². The van der Waals surface area contributed by atoms with Gasteiger partial charge in [0.15, 0.2) is 5.89 Å². The van der Waals surface area contributed by atoms with Gasteiger partial charge in [-0.3, -0.25) is 0 Å². The molecule has 2 aromatic rings. The minimum Gasteiger partial charge on any atom is -0.446 e. The van der Waals surface area contributed by atoms with Gasteiger partial charge in [0.05, 0.1) is 6.20 Å². The lowest BCUT2D eigenvalue weighted by Crippen LogP contribution is -1.86. The quantitative estimate of drug-likeness (QED) is 0.756. The van der Waals surface area contributed by atoms with Gasteiger partial charge in [-0.1, -0.05) is 23.7 Å². The molecule has 3 heteroatoms. The first kappa shape index (κ1) is 9.28. The molecule has 72 valence electrons. The zero-order chi connectivity index (χ0) is 9.97. The molecule has 0 spiro atoms. The Balaban J connectivity index is 2.15. The Morgan fingerprint density at radius 1 is 1.29 bits per heavy atom. The van der Waals surface area contributed by atoms with Crippen molar-refractivity contribution in [2.45, 2.75) is 13.3 Å². The molecule has 1 heterocycles. The lowest BCUT2D eigenvalue weighted by molar-refractivity contribution is 0.481. The van der Waals surface area contributed by atoms with Gasteiger partial charge < -0.3 is 4.42 Å². The summed E-state index contributed by atoms with van der Waals surface area (Å²) in [5.41, 5.74) is 1.15. The average molecular weight is 208 g/mol. The predicted molar refractivity (Wildman–Crippen MR) is 55.5 cm³/mol. The largest absolute Gasteiger partial charge is 0.446 e. The SMILES string of the molecule is Cc1cnc(Cc2ccc(Cl)cc2)o1. The second-order valence-electron chi connectivity index (χ2n) is 3.17. The Morgan fingerprint density at radius 2 is 2.00 bits per heavy atom. The van der Waals surface area contributed by atoms with Crippen LogP contribution in [-0.2, 0) is 6.42 Å². The second-order valence-corrected chi connectivity index (χ2v) is 3.60. The predicted octanol–water partition coefficient (Wildman–Crippen LogP) is 3.23. The maximum Gasteiger partial charge on any atom is 0.198 e. The van der Waals surface area contributed by atoms with Crippen molar-refractivity contribution in [2.24, 2.45) is 0 Å². The maximum atomic E-state index is 5.78. The first-order valence-electron chi connectivity index (χ1n) is 4.40. The number of hydrogen-bond donors (Lipinski definition) is 0. The summed E-state index contributed by atoms with van der Waals surface area (Å²) in [7, 11) is 0. The topological polar surface area (TPSA) is 26.0 Å². The van der Waals surface area contributed by atoms with Crippen LogP contribution in [0, 0.1) is 6.92 Å². The summed E-state index contributed by atoms with van der Waals surface area (Å²) in [6.45, 7) is 1.89. The van der Waals surface area contributed by atoms with Gasteiger partial charge >= 0.3 is 0 Å². The fraction of sp³-hybridized carbons (Fsp3) is 0.182. The summed E-state index contributed by atoms with van der Waals surface area (Å²) in [5.74, 6) is 1.58. The summed E-state index contributed by atoms with van der Waals surface area (Å²) in [6.07, 6.45) is 2.44. The van der Waals surface area contributed by atoms with E-state index < -0.39 is 0 Å². The number of rotatable bonds is 2. The highest BCUT2D eigenvalue weighted by molar-refractivity contribution is 6.30. The molecule has 0 aliphatic heterocycles. The Hall–Kier alpha value is -1.28. The van der Waals surface area contributed by atoms with Gasteiger partial charge in [-0.2, -0.15) is 0 Å². The van der Waals surface area contributed by atoms with E-state index in [1.807, 2.05) is 31.2 Å². The van der Waals surface area contributed by atoms with Crippen LogP contribution in [0.5, 0.6) is 0 Å². The molecule has 0 aliphatic carbocycles. The van der Waals surface area contributed by atoms with Gasteiger partial charge in [0.1, 0.15) is 5.76 Å². The second kappa shape index (κ2) is 3.84. The van der Waals surface area contributed by atoms with Crippen molar-refractivity contribution in [3.05, 3.63) is 52.7 Å². The molecule has 0 amide bonds. The van der Waals surface area contributed by atoms with Gasteiger partial charge in [-0.25, -0.2) is 4.98 Å². The summed E-state index contributed by atoms with van der Waals surface area (Å²) in [6, 6.07) is 7.68. The lowest BCUT2D eigenvalue weighted by Gasteiger charge is -1.96. The van der Waals surface area contributed by atoms with Crippen molar-refractivity contribution in [1.29, 1.82) is 0 Å². The third-order valence-corrected chi connectivity index (χ3v) is 2.19. The molecule has 14 heavy (non-hydrogen) atoms. The fourth-order valence-corrected chi connectivity index (χ4v) is 1.39. The van der Waals surface area contributed by atoms with Crippen molar-refractivity contribution in [3.8, 4) is 0 Å². The van der Waals surface area contributed by atoms with Crippen LogP contribution >= 0.6 is 11.6 Å². The fourth-order valence-electron chi connectivity index (χ4n) is 1.26. The lowest BCUT2D eigenvalue weighted by atomic mass is 10.1. The van der Waals surface area contributed by atoms with Crippen LogP contribution in [0.3, 0.4) is 0 Å². The zero-order valence-corrected chi connectivity index (χ0v) is 8.58. The van der Waals surface area contributed by atoms with Gasteiger partial charge in [0.25, 0.3) is 0 Å². The molecule has 2 nitrogen and oxygen atoms in total. The first-order valence-corrected chi connectivity index (χ1v) is 4.77. The van der Waals surface area contributed by atoms with E-state index in [1.165, 1.54) is 0 Å². The maximum absolute atomic E-state index is 5.78. The number of halogens is 1. The summed E-state index contributed by atoms with van der Waals surface area (Å²) in [4.78, 5) is 4.13. The molecule has 0 saturated heterocycles. The van der Waals surface area contributed by atoms with E-state index in [9.17, 15) is 0 Å². The molecular formula is C11H10ClNO. The normalized spacial score (nSPS) is 10.4. The summed E-state index contributed by atoms with van der Waals surface area (Å²) < 4.78 is 5.37. The monoisotopic (exact) mass is 207 g/mol. The molecule has 0 atom stereocenters. The molecule has 0 N–H and O–H groups in total. The Bertz CT molecular complexity index is 419. The van der Waals surface area contributed by atoms with Gasteiger partial charge in [-0.05, 0) is 24.6 Å². The van der Waals surface area contributed by atoms with Crippen LogP contribution in [0.15, 0.2) is 34.9 Å². The van der Waals surface area contributed by atoms with Crippen molar-refractivity contribution in [2.75, 3.05) is 0 Å². The van der Waals surface area contributed by atoms with Crippen LogP contribution < -0.4 is 0 Å². The number of benzene rings is 1. The van der Waals surface area contributed by atoms with E-state index >= 15 is 0 Å². The van der Waals surface area contributed by atoms with Crippen molar-refractivity contribution in [3.63, 3.8) is 0 Å². The Morgan fingerprint density at radius 3 is 2.57 bits per heavy atom. The number of nitrogens with zero attached hydrogens (tertiary/aromatic N) is 1. The molecule has 0 aliphatic rings. The molecule has 0 radical (unpaired) electrons. The number of aryl methyl sites for hydroxylation is 1. The highest BCUT2D eigenvalue weighted by atomic mass is 35.5. The highest BCUT2D eigenvalue weighted by Gasteiger charge is 2.01. The first-order chi connectivity index (χ1) is 6.74. The zero-order valence-electron chi connectivity index (χ0n) is 7.83.